The zero-order valence-corrected chi connectivity index (χ0v) is 17.3. The predicted octanol–water partition coefficient (Wildman–Crippen LogP) is 3.36. The van der Waals surface area contributed by atoms with Crippen LogP contribution in [0.3, 0.4) is 0 Å². The van der Waals surface area contributed by atoms with E-state index in [1.54, 1.807) is 24.3 Å². The number of hydrogen-bond donors (Lipinski definition) is 1. The minimum Gasteiger partial charge on any atom is -0.279 e. The first-order valence-electron chi connectivity index (χ1n) is 8.76. The van der Waals surface area contributed by atoms with E-state index in [1.807, 2.05) is 26.0 Å². The fraction of sp³-hybridized carbons (Fsp3) is 0.150. The van der Waals surface area contributed by atoms with Crippen molar-refractivity contribution in [2.45, 2.75) is 24.6 Å². The minimum atomic E-state index is -3.78. The summed E-state index contributed by atoms with van der Waals surface area (Å²) in [7, 11) is -3.78. The first kappa shape index (κ1) is 19.3. The van der Waals surface area contributed by atoms with Gasteiger partial charge in [-0.25, -0.2) is 8.42 Å². The summed E-state index contributed by atoms with van der Waals surface area (Å²) in [5.41, 5.74) is 2.66. The summed E-state index contributed by atoms with van der Waals surface area (Å²) in [4.78, 5) is 30.5. The number of sulfonamides is 1. The molecule has 0 fully saturated rings. The summed E-state index contributed by atoms with van der Waals surface area (Å²) in [5, 5.41) is 0. The molecule has 3 heterocycles. The molecule has 0 atom stereocenters. The Hall–Kier alpha value is -3.04. The molecule has 9 heteroatoms. The van der Waals surface area contributed by atoms with Crippen molar-refractivity contribution < 1.29 is 18.0 Å². The summed E-state index contributed by atoms with van der Waals surface area (Å²) in [5.74, 6) is -0.902. The van der Waals surface area contributed by atoms with Gasteiger partial charge in [-0.3, -0.25) is 24.2 Å². The Morgan fingerprint density at radius 1 is 1.07 bits per heavy atom. The van der Waals surface area contributed by atoms with Gasteiger partial charge in [0.25, 0.3) is 21.8 Å². The molecule has 148 valence electrons. The van der Waals surface area contributed by atoms with Crippen molar-refractivity contribution in [1.29, 1.82) is 0 Å². The molecule has 0 spiro atoms. The van der Waals surface area contributed by atoms with Gasteiger partial charge in [-0.05, 0) is 55.3 Å². The Bertz CT molecular complexity index is 1210. The van der Waals surface area contributed by atoms with E-state index in [0.717, 1.165) is 27.4 Å². The molecule has 2 amide bonds. The number of pyridine rings is 1. The van der Waals surface area contributed by atoms with Gasteiger partial charge in [-0.2, -0.15) is 0 Å². The summed E-state index contributed by atoms with van der Waals surface area (Å²) < 4.78 is 28.3. The molecule has 29 heavy (non-hydrogen) atoms. The van der Waals surface area contributed by atoms with E-state index in [9.17, 15) is 18.0 Å². The molecule has 1 aliphatic rings. The highest BCUT2D eigenvalue weighted by atomic mass is 32.2. The molecule has 0 bridgehead atoms. The minimum absolute atomic E-state index is 0.00230. The van der Waals surface area contributed by atoms with Crippen LogP contribution in [-0.2, 0) is 16.6 Å². The average Bonchev–Trinajstić information content (AvgIpc) is 3.25. The van der Waals surface area contributed by atoms with Crippen molar-refractivity contribution in [3.63, 3.8) is 0 Å². The van der Waals surface area contributed by atoms with Gasteiger partial charge in [-0.15, -0.1) is 11.3 Å². The van der Waals surface area contributed by atoms with Crippen molar-refractivity contribution >= 4 is 38.9 Å². The molecule has 0 saturated carbocycles. The van der Waals surface area contributed by atoms with Crippen LogP contribution >= 0.6 is 11.3 Å². The number of amides is 2. The van der Waals surface area contributed by atoms with Gasteiger partial charge in [0.2, 0.25) is 0 Å². The van der Waals surface area contributed by atoms with Gasteiger partial charge in [0.1, 0.15) is 9.90 Å². The number of rotatable bonds is 5. The standard InChI is InChI=1S/C20H17N3O4S2/c1-12-5-6-13(2)16(10-12)22-29(26,27)17-8-7-14(28-17)11-23-19(24)15-4-3-9-21-18(15)20(23)25/h3-10,22H,11H2,1-2H3. The molecule has 1 N–H and O–H groups in total. The number of nitrogens with one attached hydrogen (secondary N) is 1. The third kappa shape index (κ3) is 3.54. The smallest absolute Gasteiger partial charge is 0.279 e. The van der Waals surface area contributed by atoms with Crippen LogP contribution in [0.5, 0.6) is 0 Å². The average molecular weight is 428 g/mol. The normalized spacial score (nSPS) is 13.7. The number of anilines is 1. The zero-order valence-electron chi connectivity index (χ0n) is 15.7. The third-order valence-corrected chi connectivity index (χ3v) is 7.51. The van der Waals surface area contributed by atoms with E-state index in [4.69, 9.17) is 0 Å². The van der Waals surface area contributed by atoms with E-state index in [0.29, 0.717) is 10.6 Å². The summed E-state index contributed by atoms with van der Waals surface area (Å²) >= 11 is 1.02. The third-order valence-electron chi connectivity index (χ3n) is 4.58. The second-order valence-electron chi connectivity index (χ2n) is 6.74. The number of benzene rings is 1. The second kappa shape index (κ2) is 7.09. The molecule has 0 saturated heterocycles. The fourth-order valence-electron chi connectivity index (χ4n) is 3.04. The van der Waals surface area contributed by atoms with Gasteiger partial charge >= 0.3 is 0 Å². The van der Waals surface area contributed by atoms with Gasteiger partial charge in [0, 0.05) is 11.1 Å². The predicted molar refractivity (Wildman–Crippen MR) is 109 cm³/mol. The van der Waals surface area contributed by atoms with Gasteiger partial charge in [-0.1, -0.05) is 12.1 Å². The van der Waals surface area contributed by atoms with E-state index in [-0.39, 0.29) is 22.0 Å². The van der Waals surface area contributed by atoms with Crippen LogP contribution in [0, 0.1) is 13.8 Å². The van der Waals surface area contributed by atoms with Gasteiger partial charge < -0.3 is 0 Å². The van der Waals surface area contributed by atoms with Crippen LogP contribution in [-0.4, -0.2) is 30.1 Å². The summed E-state index contributed by atoms with van der Waals surface area (Å²) in [6.45, 7) is 3.71. The van der Waals surface area contributed by atoms with Crippen LogP contribution < -0.4 is 4.72 Å². The number of carbonyl (C=O) groups excluding carboxylic acids is 2. The van der Waals surface area contributed by atoms with Crippen LogP contribution in [0.2, 0.25) is 0 Å². The zero-order chi connectivity index (χ0) is 20.8. The maximum absolute atomic E-state index is 12.8. The Morgan fingerprint density at radius 3 is 2.62 bits per heavy atom. The molecular weight excluding hydrogens is 410 g/mol. The largest absolute Gasteiger partial charge is 0.280 e. The highest BCUT2D eigenvalue weighted by Gasteiger charge is 2.36. The first-order chi connectivity index (χ1) is 13.8. The van der Waals surface area contributed by atoms with Crippen molar-refractivity contribution in [2.24, 2.45) is 0 Å². The number of thiophene rings is 1. The Labute approximate surface area is 172 Å². The topological polar surface area (TPSA) is 96.4 Å². The lowest BCUT2D eigenvalue weighted by atomic mass is 10.1. The molecule has 1 aromatic carbocycles. The number of nitrogens with zero attached hydrogens (tertiary/aromatic N) is 2. The molecule has 7 nitrogen and oxygen atoms in total. The lowest BCUT2D eigenvalue weighted by Crippen LogP contribution is -2.28. The van der Waals surface area contributed by atoms with E-state index >= 15 is 0 Å². The molecule has 0 aliphatic carbocycles. The van der Waals surface area contributed by atoms with Crippen LogP contribution in [0.15, 0.2) is 52.9 Å². The Kier molecular flexibility index (Phi) is 4.71. The molecule has 0 unspecified atom stereocenters. The number of imide groups is 1. The molecular formula is C20H17N3O4S2. The van der Waals surface area contributed by atoms with Crippen LogP contribution in [0.4, 0.5) is 5.69 Å². The summed E-state index contributed by atoms with van der Waals surface area (Å²) in [6, 6.07) is 11.8. The highest BCUT2D eigenvalue weighted by molar-refractivity contribution is 7.94. The van der Waals surface area contributed by atoms with E-state index in [1.165, 1.54) is 12.3 Å². The number of aromatic nitrogens is 1. The fourth-order valence-corrected chi connectivity index (χ4v) is 5.51. The molecule has 3 aromatic rings. The Morgan fingerprint density at radius 2 is 1.86 bits per heavy atom. The highest BCUT2D eigenvalue weighted by Crippen LogP contribution is 2.29. The van der Waals surface area contributed by atoms with E-state index < -0.39 is 21.8 Å². The van der Waals surface area contributed by atoms with Crippen molar-refractivity contribution in [3.8, 4) is 0 Å². The summed E-state index contributed by atoms with van der Waals surface area (Å²) in [6.07, 6.45) is 1.46. The van der Waals surface area contributed by atoms with Crippen LogP contribution in [0.25, 0.3) is 0 Å². The van der Waals surface area contributed by atoms with Gasteiger partial charge in [0.15, 0.2) is 0 Å². The van der Waals surface area contributed by atoms with Crippen molar-refractivity contribution in [3.05, 3.63) is 75.9 Å². The van der Waals surface area contributed by atoms with Crippen molar-refractivity contribution in [1.82, 2.24) is 9.88 Å². The number of hydrogen-bond acceptors (Lipinski definition) is 6. The Balaban J connectivity index is 1.55. The molecule has 4 rings (SSSR count). The number of fused-ring (bicyclic) bond motifs is 1. The van der Waals surface area contributed by atoms with Gasteiger partial charge in [0.05, 0.1) is 17.8 Å². The first-order valence-corrected chi connectivity index (χ1v) is 11.1. The van der Waals surface area contributed by atoms with Crippen molar-refractivity contribution in [2.75, 3.05) is 4.72 Å². The molecule has 2 aromatic heterocycles. The maximum atomic E-state index is 12.8. The SMILES string of the molecule is Cc1ccc(C)c(NS(=O)(=O)c2ccc(CN3C(=O)c4cccnc4C3=O)s2)c1. The van der Waals surface area contributed by atoms with E-state index in [2.05, 4.69) is 9.71 Å². The maximum Gasteiger partial charge on any atom is 0.280 e. The lowest BCUT2D eigenvalue weighted by molar-refractivity contribution is 0.0642. The van der Waals surface area contributed by atoms with Crippen LogP contribution in [0.1, 0.15) is 36.9 Å². The molecule has 0 radical (unpaired) electrons. The monoisotopic (exact) mass is 427 g/mol. The second-order valence-corrected chi connectivity index (χ2v) is 9.82. The number of aryl methyl sites for hydroxylation is 2. The quantitative estimate of drug-likeness (QED) is 0.630. The number of carbonyl (C=O) groups is 2. The molecule has 1 aliphatic heterocycles. The lowest BCUT2D eigenvalue weighted by Gasteiger charge is -2.12.